The van der Waals surface area contributed by atoms with Gasteiger partial charge in [-0.05, 0) is 33.6 Å². The van der Waals surface area contributed by atoms with Gasteiger partial charge in [-0.15, -0.1) is 0 Å². The number of rotatable bonds is 7. The number of aromatic nitrogens is 3. The van der Waals surface area contributed by atoms with E-state index in [1.807, 2.05) is 24.7 Å². The normalized spacial score (nSPS) is 18.9. The van der Waals surface area contributed by atoms with E-state index in [1.54, 1.807) is 0 Å². The van der Waals surface area contributed by atoms with Crippen molar-refractivity contribution in [3.05, 3.63) is 41.0 Å². The molecule has 1 saturated heterocycles. The lowest BCUT2D eigenvalue weighted by atomic mass is 10.0. The minimum Gasteiger partial charge on any atom is -0.396 e. The molecule has 28 heavy (non-hydrogen) atoms. The van der Waals surface area contributed by atoms with E-state index in [1.165, 1.54) is 24.1 Å². The molecular weight excluding hydrogens is 350 g/mol. The maximum absolute atomic E-state index is 6.27. The van der Waals surface area contributed by atoms with Crippen LogP contribution < -0.4 is 11.5 Å². The number of anilines is 1. The molecule has 0 atom stereocenters. The molecule has 0 spiro atoms. The molecule has 150 valence electrons. The van der Waals surface area contributed by atoms with Crippen molar-refractivity contribution in [2.75, 3.05) is 25.5 Å². The highest BCUT2D eigenvalue weighted by Crippen LogP contribution is 2.36. The summed E-state index contributed by atoms with van der Waals surface area (Å²) in [6.07, 6.45) is 11.0. The van der Waals surface area contributed by atoms with E-state index in [4.69, 9.17) is 11.5 Å². The first-order valence-corrected chi connectivity index (χ1v) is 10.2. The molecule has 2 aliphatic rings. The van der Waals surface area contributed by atoms with Crippen LogP contribution in [0.1, 0.15) is 55.2 Å². The van der Waals surface area contributed by atoms with Crippen LogP contribution in [0.2, 0.25) is 0 Å². The van der Waals surface area contributed by atoms with Gasteiger partial charge in [0.1, 0.15) is 5.69 Å². The second-order valence-electron chi connectivity index (χ2n) is 7.77. The molecule has 4 N–H and O–H groups in total. The average Bonchev–Trinajstić information content (AvgIpc) is 3.34. The molecule has 1 aliphatic heterocycles. The summed E-state index contributed by atoms with van der Waals surface area (Å²) in [5, 5.41) is 4.65. The van der Waals surface area contributed by atoms with E-state index < -0.39 is 0 Å². The van der Waals surface area contributed by atoms with E-state index in [0.717, 1.165) is 37.0 Å². The molecule has 1 aliphatic carbocycles. The van der Waals surface area contributed by atoms with Crippen molar-refractivity contribution in [1.29, 1.82) is 0 Å². The monoisotopic (exact) mass is 381 g/mol. The van der Waals surface area contributed by atoms with Crippen molar-refractivity contribution in [3.8, 4) is 0 Å². The highest BCUT2D eigenvalue weighted by atomic mass is 15.3. The predicted octanol–water partition coefficient (Wildman–Crippen LogP) is 2.40. The number of likely N-dealkylation sites (tertiary alicyclic amines) is 1. The molecule has 7 heteroatoms. The lowest BCUT2D eigenvalue weighted by Crippen LogP contribution is -2.48. The summed E-state index contributed by atoms with van der Waals surface area (Å²) >= 11 is 0. The van der Waals surface area contributed by atoms with Crippen molar-refractivity contribution in [2.45, 2.75) is 52.2 Å². The van der Waals surface area contributed by atoms with E-state index in [9.17, 15) is 0 Å². The fraction of sp³-hybridized carbons (Fsp3) is 0.524. The van der Waals surface area contributed by atoms with Gasteiger partial charge in [-0.1, -0.05) is 12.2 Å². The fourth-order valence-electron chi connectivity index (χ4n) is 4.15. The van der Waals surface area contributed by atoms with Crippen LogP contribution in [0.4, 0.5) is 5.69 Å². The Morgan fingerprint density at radius 1 is 1.29 bits per heavy atom. The second kappa shape index (κ2) is 7.56. The van der Waals surface area contributed by atoms with E-state index in [-0.39, 0.29) is 6.67 Å². The van der Waals surface area contributed by atoms with Crippen molar-refractivity contribution in [2.24, 2.45) is 10.7 Å². The van der Waals surface area contributed by atoms with E-state index >= 15 is 0 Å². The maximum Gasteiger partial charge on any atom is 0.134 e. The van der Waals surface area contributed by atoms with Gasteiger partial charge in [0.15, 0.2) is 0 Å². The van der Waals surface area contributed by atoms with Crippen molar-refractivity contribution in [3.63, 3.8) is 0 Å². The van der Waals surface area contributed by atoms with Crippen molar-refractivity contribution < 1.29 is 0 Å². The predicted molar refractivity (Wildman–Crippen MR) is 115 cm³/mol. The Balaban J connectivity index is 1.74. The zero-order valence-electron chi connectivity index (χ0n) is 17.1. The highest BCUT2D eigenvalue weighted by Gasteiger charge is 2.39. The number of nitrogens with two attached hydrogens (primary N) is 2. The molecule has 0 unspecified atom stereocenters. The average molecular weight is 382 g/mol. The van der Waals surface area contributed by atoms with Crippen molar-refractivity contribution >= 4 is 17.5 Å². The van der Waals surface area contributed by atoms with Gasteiger partial charge in [-0.3, -0.25) is 14.6 Å². The fourth-order valence-corrected chi connectivity index (χ4v) is 4.15. The smallest absolute Gasteiger partial charge is 0.134 e. The molecule has 0 aromatic carbocycles. The second-order valence-corrected chi connectivity index (χ2v) is 7.77. The zero-order chi connectivity index (χ0) is 19.8. The lowest BCUT2D eigenvalue weighted by molar-refractivity contribution is 0.0973. The number of aryl methyl sites for hydroxylation is 1. The quantitative estimate of drug-likeness (QED) is 0.721. The first-order chi connectivity index (χ1) is 13.6. The SMILES string of the molecule is C/C=C/c1c(/C(=N/CN)c2nn(CC)cc2N)cn(C2CN(C3CC3)C2)c1C. The van der Waals surface area contributed by atoms with E-state index in [2.05, 4.69) is 44.8 Å². The molecule has 7 nitrogen and oxygen atoms in total. The summed E-state index contributed by atoms with van der Waals surface area (Å²) in [7, 11) is 0. The standard InChI is InChI=1S/C21H31N7/c1-4-6-17-14(3)28(16-9-26(10-16)15-7-8-15)11-18(17)20(24-13-22)21-19(23)12-27(5-2)25-21/h4,6,11-12,15-16H,5,7-10,13,22-23H2,1-3H3/b6-4+,24-20-. The number of hydrogen-bond donors (Lipinski definition) is 2. The Morgan fingerprint density at radius 3 is 2.61 bits per heavy atom. The Bertz CT molecular complexity index is 908. The van der Waals surface area contributed by atoms with Crippen LogP contribution in [0.5, 0.6) is 0 Å². The number of aliphatic imine (C=N–C) groups is 1. The first-order valence-electron chi connectivity index (χ1n) is 10.2. The molecule has 4 rings (SSSR count). The first kappa shape index (κ1) is 19.0. The Hall–Kier alpha value is -2.38. The molecule has 2 fully saturated rings. The molecule has 0 bridgehead atoms. The van der Waals surface area contributed by atoms with Gasteiger partial charge < -0.3 is 16.0 Å². The summed E-state index contributed by atoms with van der Waals surface area (Å²) in [5.74, 6) is 0. The largest absolute Gasteiger partial charge is 0.396 e. The topological polar surface area (TPSA) is 90.4 Å². The third-order valence-corrected chi connectivity index (χ3v) is 5.86. The van der Waals surface area contributed by atoms with Gasteiger partial charge in [0, 0.05) is 54.9 Å². The Labute approximate surface area is 166 Å². The minimum absolute atomic E-state index is 0.201. The van der Waals surface area contributed by atoms with E-state index in [0.29, 0.717) is 17.4 Å². The Kier molecular flexibility index (Phi) is 5.12. The maximum atomic E-state index is 6.27. The number of nitrogens with zero attached hydrogens (tertiary/aromatic N) is 5. The van der Waals surface area contributed by atoms with Gasteiger partial charge in [-0.2, -0.15) is 5.10 Å². The minimum atomic E-state index is 0.201. The van der Waals surface area contributed by atoms with Crippen molar-refractivity contribution in [1.82, 2.24) is 19.2 Å². The van der Waals surface area contributed by atoms with Gasteiger partial charge in [0.2, 0.25) is 0 Å². The number of allylic oxidation sites excluding steroid dienone is 1. The number of nitrogen functional groups attached to an aromatic ring is 1. The van der Waals surface area contributed by atoms with Crippen LogP contribution >= 0.6 is 0 Å². The van der Waals surface area contributed by atoms with Gasteiger partial charge in [0.05, 0.1) is 24.1 Å². The van der Waals surface area contributed by atoms with Crippen LogP contribution in [0.25, 0.3) is 6.08 Å². The Morgan fingerprint density at radius 2 is 2.04 bits per heavy atom. The third kappa shape index (κ3) is 3.29. The van der Waals surface area contributed by atoms with Gasteiger partial charge in [-0.25, -0.2) is 0 Å². The van der Waals surface area contributed by atoms with Gasteiger partial charge >= 0.3 is 0 Å². The third-order valence-electron chi connectivity index (χ3n) is 5.86. The van der Waals surface area contributed by atoms with Crippen LogP contribution in [-0.4, -0.2) is 50.8 Å². The van der Waals surface area contributed by atoms with Crippen LogP contribution in [0.3, 0.4) is 0 Å². The molecule has 3 heterocycles. The molecular formula is C21H31N7. The molecule has 0 amide bonds. The summed E-state index contributed by atoms with van der Waals surface area (Å²) < 4.78 is 4.25. The highest BCUT2D eigenvalue weighted by molar-refractivity contribution is 6.16. The van der Waals surface area contributed by atoms with Crippen LogP contribution in [0, 0.1) is 6.92 Å². The van der Waals surface area contributed by atoms with Crippen LogP contribution in [0.15, 0.2) is 23.5 Å². The van der Waals surface area contributed by atoms with Crippen LogP contribution in [-0.2, 0) is 6.54 Å². The molecule has 2 aromatic heterocycles. The molecule has 0 radical (unpaired) electrons. The molecule has 2 aromatic rings. The number of hydrogen-bond acceptors (Lipinski definition) is 5. The summed E-state index contributed by atoms with van der Waals surface area (Å²) in [4.78, 5) is 7.20. The molecule has 1 saturated carbocycles. The summed E-state index contributed by atoms with van der Waals surface area (Å²) in [6, 6.07) is 1.34. The lowest BCUT2D eigenvalue weighted by Gasteiger charge is -2.41. The summed E-state index contributed by atoms with van der Waals surface area (Å²) in [5.41, 5.74) is 17.7. The van der Waals surface area contributed by atoms with Gasteiger partial charge in [0.25, 0.3) is 0 Å². The zero-order valence-corrected chi connectivity index (χ0v) is 17.1. The summed E-state index contributed by atoms with van der Waals surface area (Å²) in [6.45, 7) is 9.50.